The Morgan fingerprint density at radius 3 is 1.78 bits per heavy atom. The Kier molecular flexibility index (Phi) is 8.77. The predicted molar refractivity (Wildman–Crippen MR) is 148 cm³/mol. The predicted octanol–water partition coefficient (Wildman–Crippen LogP) is 7.97. The Balaban J connectivity index is 1.73. The number of methoxy groups -OCH3 is 2. The van der Waals surface area contributed by atoms with E-state index in [1.54, 1.807) is 14.2 Å². The van der Waals surface area contributed by atoms with Gasteiger partial charge >= 0.3 is 0 Å². The zero-order chi connectivity index (χ0) is 25.3. The second-order valence-corrected chi connectivity index (χ2v) is 9.33. The molecule has 188 valence electrons. The molecule has 0 amide bonds. The smallest absolute Gasteiger partial charge is 0.118 e. The van der Waals surface area contributed by atoms with Gasteiger partial charge in [-0.25, -0.2) is 0 Å². The molecule has 0 N–H and O–H groups in total. The van der Waals surface area contributed by atoms with Crippen molar-refractivity contribution in [2.24, 2.45) is 0 Å². The zero-order valence-corrected chi connectivity index (χ0v) is 22.0. The molecule has 4 aromatic rings. The number of benzene rings is 3. The molecule has 1 heterocycles. The number of nitrogens with zero attached hydrogens (tertiary/aromatic N) is 3. The molecule has 0 fully saturated rings. The van der Waals surface area contributed by atoms with Crippen LogP contribution >= 0.6 is 0 Å². The topological polar surface area (TPSA) is 49.2 Å². The van der Waals surface area contributed by atoms with E-state index in [-0.39, 0.29) is 0 Å². The van der Waals surface area contributed by atoms with Crippen LogP contribution in [-0.4, -0.2) is 29.2 Å². The molecule has 36 heavy (non-hydrogen) atoms. The molecular weight excluding hydrogens is 446 g/mol. The largest absolute Gasteiger partial charge is 0.497 e. The van der Waals surface area contributed by atoms with Gasteiger partial charge in [-0.3, -0.25) is 4.68 Å². The van der Waals surface area contributed by atoms with Gasteiger partial charge in [-0.2, -0.15) is 0 Å². The van der Waals surface area contributed by atoms with Crippen LogP contribution < -0.4 is 9.47 Å². The van der Waals surface area contributed by atoms with Crippen molar-refractivity contribution in [3.8, 4) is 45.0 Å². The summed E-state index contributed by atoms with van der Waals surface area (Å²) in [5.74, 6) is 1.68. The van der Waals surface area contributed by atoms with Crippen molar-refractivity contribution >= 4 is 0 Å². The van der Waals surface area contributed by atoms with E-state index < -0.39 is 0 Å². The van der Waals surface area contributed by atoms with Crippen LogP contribution in [0.1, 0.15) is 51.0 Å². The Morgan fingerprint density at radius 2 is 1.25 bits per heavy atom. The summed E-state index contributed by atoms with van der Waals surface area (Å²) in [5, 5.41) is 9.15. The van der Waals surface area contributed by atoms with Gasteiger partial charge in [0, 0.05) is 12.1 Å². The van der Waals surface area contributed by atoms with Crippen molar-refractivity contribution in [3.05, 3.63) is 72.4 Å². The fourth-order valence-electron chi connectivity index (χ4n) is 4.64. The van der Waals surface area contributed by atoms with Crippen molar-refractivity contribution in [3.63, 3.8) is 0 Å². The van der Waals surface area contributed by atoms with Crippen molar-refractivity contribution in [1.82, 2.24) is 15.0 Å². The number of hydrogen-bond donors (Lipinski definition) is 0. The number of rotatable bonds is 12. The van der Waals surface area contributed by atoms with E-state index in [0.29, 0.717) is 0 Å². The molecule has 0 unspecified atom stereocenters. The summed E-state index contributed by atoms with van der Waals surface area (Å²) in [6.07, 6.45) is 9.65. The summed E-state index contributed by atoms with van der Waals surface area (Å²) < 4.78 is 12.8. The molecule has 0 atom stereocenters. The number of aryl methyl sites for hydroxylation is 2. The fourth-order valence-corrected chi connectivity index (χ4v) is 4.64. The van der Waals surface area contributed by atoms with Crippen LogP contribution in [-0.2, 0) is 6.54 Å². The molecule has 5 heteroatoms. The Labute approximate surface area is 215 Å². The maximum Gasteiger partial charge on any atom is 0.118 e. The van der Waals surface area contributed by atoms with Crippen molar-refractivity contribution in [1.29, 1.82) is 0 Å². The minimum absolute atomic E-state index is 0.841. The molecule has 0 radical (unpaired) electrons. The van der Waals surface area contributed by atoms with Gasteiger partial charge in [-0.05, 0) is 65.4 Å². The molecule has 0 aliphatic heterocycles. The highest BCUT2D eigenvalue weighted by molar-refractivity contribution is 5.93. The summed E-state index contributed by atoms with van der Waals surface area (Å²) in [6.45, 7) is 5.28. The summed E-state index contributed by atoms with van der Waals surface area (Å²) in [7, 11) is 3.38. The monoisotopic (exact) mass is 483 g/mol. The fraction of sp³-hybridized carbons (Fsp3) is 0.355. The molecule has 3 aromatic carbocycles. The van der Waals surface area contributed by atoms with Crippen LogP contribution in [0.3, 0.4) is 0 Å². The standard InChI is InChI=1S/C31H37N3O2/c1-5-6-7-8-9-10-19-34-22-30(32-33-34)31-28(24-11-15-26(35-3)16-12-24)20-23(2)21-29(31)25-13-17-27(36-4)18-14-25/h11-18,20-22H,5-10,19H2,1-4H3. The SMILES string of the molecule is CCCCCCCCn1cc(-c2c(-c3ccc(OC)cc3)cc(C)cc2-c2ccc(OC)cc2)nn1. The molecule has 0 aliphatic carbocycles. The van der Waals surface area contributed by atoms with E-state index in [2.05, 4.69) is 66.8 Å². The average molecular weight is 484 g/mol. The highest BCUT2D eigenvalue weighted by Gasteiger charge is 2.18. The summed E-state index contributed by atoms with van der Waals surface area (Å²) in [5.41, 5.74) is 7.67. The normalized spacial score (nSPS) is 11.0. The third kappa shape index (κ3) is 6.14. The van der Waals surface area contributed by atoms with E-state index in [1.807, 2.05) is 28.9 Å². The van der Waals surface area contributed by atoms with Gasteiger partial charge < -0.3 is 9.47 Å². The molecule has 0 saturated heterocycles. The third-order valence-corrected chi connectivity index (χ3v) is 6.62. The summed E-state index contributed by atoms with van der Waals surface area (Å²) >= 11 is 0. The summed E-state index contributed by atoms with van der Waals surface area (Å²) in [6, 6.07) is 20.9. The minimum Gasteiger partial charge on any atom is -0.497 e. The molecular formula is C31H37N3O2. The van der Waals surface area contributed by atoms with E-state index in [9.17, 15) is 0 Å². The number of unbranched alkanes of at least 4 members (excludes halogenated alkanes) is 5. The Bertz CT molecular complexity index is 1180. The lowest BCUT2D eigenvalue weighted by molar-refractivity contribution is 0.415. The molecule has 0 spiro atoms. The number of hydrogen-bond acceptors (Lipinski definition) is 4. The van der Waals surface area contributed by atoms with E-state index in [1.165, 1.54) is 37.7 Å². The van der Waals surface area contributed by atoms with Crippen LogP contribution in [0, 0.1) is 6.92 Å². The first kappa shape index (κ1) is 25.5. The first-order valence-corrected chi connectivity index (χ1v) is 13.0. The molecule has 0 aliphatic rings. The minimum atomic E-state index is 0.841. The van der Waals surface area contributed by atoms with E-state index in [0.717, 1.165) is 58.0 Å². The van der Waals surface area contributed by atoms with Crippen molar-refractivity contribution in [2.75, 3.05) is 14.2 Å². The van der Waals surface area contributed by atoms with Gasteiger partial charge in [0.2, 0.25) is 0 Å². The zero-order valence-electron chi connectivity index (χ0n) is 22.0. The first-order valence-electron chi connectivity index (χ1n) is 13.0. The molecule has 1 aromatic heterocycles. The molecule has 0 saturated carbocycles. The van der Waals surface area contributed by atoms with Gasteiger partial charge in [0.25, 0.3) is 0 Å². The highest BCUT2D eigenvalue weighted by atomic mass is 16.5. The first-order chi connectivity index (χ1) is 17.6. The lowest BCUT2D eigenvalue weighted by Gasteiger charge is -2.16. The molecule has 4 rings (SSSR count). The lowest BCUT2D eigenvalue weighted by Crippen LogP contribution is -1.98. The lowest BCUT2D eigenvalue weighted by atomic mass is 9.88. The van der Waals surface area contributed by atoms with Gasteiger partial charge in [0.05, 0.1) is 20.4 Å². The van der Waals surface area contributed by atoms with E-state index in [4.69, 9.17) is 9.47 Å². The van der Waals surface area contributed by atoms with Crippen LogP contribution in [0.25, 0.3) is 33.5 Å². The molecule has 0 bridgehead atoms. The van der Waals surface area contributed by atoms with Crippen molar-refractivity contribution < 1.29 is 9.47 Å². The molecule has 5 nitrogen and oxygen atoms in total. The van der Waals surface area contributed by atoms with Gasteiger partial charge in [0.1, 0.15) is 17.2 Å². The number of aromatic nitrogens is 3. The van der Waals surface area contributed by atoms with E-state index >= 15 is 0 Å². The second kappa shape index (κ2) is 12.4. The van der Waals surface area contributed by atoms with Gasteiger partial charge in [-0.1, -0.05) is 80.6 Å². The number of ether oxygens (including phenoxy) is 2. The van der Waals surface area contributed by atoms with Crippen LogP contribution in [0.15, 0.2) is 66.9 Å². The van der Waals surface area contributed by atoms with Crippen LogP contribution in [0.2, 0.25) is 0 Å². The summed E-state index contributed by atoms with van der Waals surface area (Å²) in [4.78, 5) is 0. The Morgan fingerprint density at radius 1 is 0.722 bits per heavy atom. The second-order valence-electron chi connectivity index (χ2n) is 9.33. The maximum atomic E-state index is 5.39. The van der Waals surface area contributed by atoms with Crippen LogP contribution in [0.4, 0.5) is 0 Å². The highest BCUT2D eigenvalue weighted by Crippen LogP contribution is 2.41. The average Bonchev–Trinajstić information content (AvgIpc) is 3.38. The van der Waals surface area contributed by atoms with Gasteiger partial charge in [0.15, 0.2) is 0 Å². The third-order valence-electron chi connectivity index (χ3n) is 6.62. The Hall–Kier alpha value is -3.60. The maximum absolute atomic E-state index is 5.39. The van der Waals surface area contributed by atoms with Crippen LogP contribution in [0.5, 0.6) is 11.5 Å². The van der Waals surface area contributed by atoms with Crippen molar-refractivity contribution in [2.45, 2.75) is 58.9 Å². The quantitative estimate of drug-likeness (QED) is 0.192. The van der Waals surface area contributed by atoms with Gasteiger partial charge in [-0.15, -0.1) is 5.10 Å².